The van der Waals surface area contributed by atoms with Crippen molar-refractivity contribution < 1.29 is 13.2 Å². The van der Waals surface area contributed by atoms with Gasteiger partial charge in [0.05, 0.1) is 18.1 Å². The molecule has 2 aromatic carbocycles. The summed E-state index contributed by atoms with van der Waals surface area (Å²) in [4.78, 5) is 2.70. The zero-order chi connectivity index (χ0) is 19.6. The lowest BCUT2D eigenvalue weighted by molar-refractivity contribution is 0.122. The van der Waals surface area contributed by atoms with Crippen molar-refractivity contribution in [1.29, 1.82) is 0 Å². The van der Waals surface area contributed by atoms with Gasteiger partial charge >= 0.3 is 0 Å². The molecule has 0 unspecified atom stereocenters. The summed E-state index contributed by atoms with van der Waals surface area (Å²) < 4.78 is 32.9. The van der Waals surface area contributed by atoms with Crippen LogP contribution in [0.1, 0.15) is 29.5 Å². The number of hydrogen-bond acceptors (Lipinski definition) is 4. The lowest BCUT2D eigenvalue weighted by Crippen LogP contribution is -2.36. The van der Waals surface area contributed by atoms with Gasteiger partial charge in [-0.15, -0.1) is 0 Å². The molecule has 0 radical (unpaired) electrons. The summed E-state index contributed by atoms with van der Waals surface area (Å²) in [5.41, 5.74) is 4.63. The molecule has 1 aliphatic heterocycles. The molecule has 2 aromatic rings. The van der Waals surface area contributed by atoms with Crippen molar-refractivity contribution in [2.24, 2.45) is 0 Å². The van der Waals surface area contributed by atoms with Gasteiger partial charge in [-0.1, -0.05) is 18.2 Å². The first-order valence-corrected chi connectivity index (χ1v) is 11.5. The van der Waals surface area contributed by atoms with E-state index in [2.05, 4.69) is 17.0 Å². The second kappa shape index (κ2) is 8.23. The highest BCUT2D eigenvalue weighted by Gasteiger charge is 2.23. The monoisotopic (exact) mass is 400 g/mol. The summed E-state index contributed by atoms with van der Waals surface area (Å²) in [7, 11) is -1.84. The molecule has 1 fully saturated rings. The molecule has 2 aliphatic rings. The van der Waals surface area contributed by atoms with E-state index >= 15 is 0 Å². The number of aryl methyl sites for hydroxylation is 2. The number of nitrogens with zero attached hydrogens (tertiary/aromatic N) is 2. The molecule has 150 valence electrons. The summed E-state index contributed by atoms with van der Waals surface area (Å²) >= 11 is 0. The maximum atomic E-state index is 13.0. The molecular formula is C22H28N2O3S. The Hall–Kier alpha value is -1.89. The molecular weight excluding hydrogens is 372 g/mol. The Morgan fingerprint density at radius 1 is 0.964 bits per heavy atom. The van der Waals surface area contributed by atoms with E-state index in [1.54, 1.807) is 13.1 Å². The number of fused-ring (bicyclic) bond motifs is 1. The average molecular weight is 401 g/mol. The maximum Gasteiger partial charge on any atom is 0.243 e. The van der Waals surface area contributed by atoms with Gasteiger partial charge in [-0.05, 0) is 66.6 Å². The van der Waals surface area contributed by atoms with Crippen LogP contribution in [0.25, 0.3) is 0 Å². The van der Waals surface area contributed by atoms with E-state index in [1.165, 1.54) is 21.9 Å². The number of sulfonamides is 1. The average Bonchev–Trinajstić information content (AvgIpc) is 2.74. The van der Waals surface area contributed by atoms with Crippen LogP contribution >= 0.6 is 0 Å². The van der Waals surface area contributed by atoms with E-state index in [0.29, 0.717) is 11.4 Å². The fraction of sp³-hybridized carbons (Fsp3) is 0.455. The van der Waals surface area contributed by atoms with Crippen LogP contribution in [0.15, 0.2) is 47.4 Å². The standard InChI is InChI=1S/C22H28N2O3S/c1-23(17-18-6-9-21(10-7-18)24-12-14-27-15-13-24)28(25,26)22-11-8-19-4-2-3-5-20(19)16-22/h6-11,16H,2-5,12-15,17H2,1H3. The Kier molecular flexibility index (Phi) is 5.71. The van der Waals surface area contributed by atoms with Gasteiger partial charge < -0.3 is 9.64 Å². The Balaban J connectivity index is 1.47. The van der Waals surface area contributed by atoms with E-state index in [9.17, 15) is 8.42 Å². The van der Waals surface area contributed by atoms with Gasteiger partial charge in [-0.2, -0.15) is 4.31 Å². The minimum Gasteiger partial charge on any atom is -0.378 e. The first kappa shape index (κ1) is 19.4. The normalized spacial score (nSPS) is 17.6. The van der Waals surface area contributed by atoms with E-state index in [1.807, 2.05) is 24.3 Å². The lowest BCUT2D eigenvalue weighted by Gasteiger charge is -2.29. The fourth-order valence-electron chi connectivity index (χ4n) is 4.03. The molecule has 6 heteroatoms. The molecule has 28 heavy (non-hydrogen) atoms. The SMILES string of the molecule is CN(Cc1ccc(N2CCOCC2)cc1)S(=O)(=O)c1ccc2c(c1)CCCC2. The number of rotatable bonds is 5. The van der Waals surface area contributed by atoms with Crippen LogP contribution in [0.5, 0.6) is 0 Å². The van der Waals surface area contributed by atoms with Gasteiger partial charge in [0.1, 0.15) is 0 Å². The molecule has 1 saturated heterocycles. The summed E-state index contributed by atoms with van der Waals surface area (Å²) in [6.07, 6.45) is 4.37. The molecule has 5 nitrogen and oxygen atoms in total. The minimum atomic E-state index is -3.49. The third-order valence-corrected chi connectivity index (χ3v) is 7.55. The number of hydrogen-bond donors (Lipinski definition) is 0. The van der Waals surface area contributed by atoms with E-state index in [4.69, 9.17) is 4.74 Å². The zero-order valence-corrected chi connectivity index (χ0v) is 17.2. The van der Waals surface area contributed by atoms with Gasteiger partial charge in [0.15, 0.2) is 0 Å². The van der Waals surface area contributed by atoms with Crippen LogP contribution in [0.2, 0.25) is 0 Å². The third-order valence-electron chi connectivity index (χ3n) is 5.75. The first-order valence-electron chi connectivity index (χ1n) is 10.0. The maximum absolute atomic E-state index is 13.0. The molecule has 0 aromatic heterocycles. The van der Waals surface area contributed by atoms with Crippen LogP contribution in [-0.4, -0.2) is 46.1 Å². The smallest absolute Gasteiger partial charge is 0.243 e. The predicted octanol–water partition coefficient (Wildman–Crippen LogP) is 3.22. The van der Waals surface area contributed by atoms with Crippen LogP contribution in [0.3, 0.4) is 0 Å². The van der Waals surface area contributed by atoms with Crippen LogP contribution < -0.4 is 4.90 Å². The summed E-state index contributed by atoms with van der Waals surface area (Å²) in [5.74, 6) is 0. The predicted molar refractivity (Wildman–Crippen MR) is 111 cm³/mol. The Labute approximate surface area is 168 Å². The van der Waals surface area contributed by atoms with Gasteiger partial charge in [0, 0.05) is 32.4 Å². The van der Waals surface area contributed by atoms with Gasteiger partial charge in [0.2, 0.25) is 10.0 Å². The second-order valence-corrected chi connectivity index (χ2v) is 9.71. The Bertz CT molecular complexity index is 919. The van der Waals surface area contributed by atoms with E-state index in [-0.39, 0.29) is 0 Å². The van der Waals surface area contributed by atoms with E-state index < -0.39 is 10.0 Å². The molecule has 1 aliphatic carbocycles. The molecule has 0 saturated carbocycles. The van der Waals surface area contributed by atoms with Crippen molar-refractivity contribution >= 4 is 15.7 Å². The first-order chi connectivity index (χ1) is 13.5. The van der Waals surface area contributed by atoms with Crippen molar-refractivity contribution in [3.05, 3.63) is 59.2 Å². The van der Waals surface area contributed by atoms with Crippen molar-refractivity contribution in [1.82, 2.24) is 4.31 Å². The second-order valence-electron chi connectivity index (χ2n) is 7.66. The van der Waals surface area contributed by atoms with Crippen molar-refractivity contribution in [2.45, 2.75) is 37.1 Å². The highest BCUT2D eigenvalue weighted by molar-refractivity contribution is 7.89. The summed E-state index contributed by atoms with van der Waals surface area (Å²) in [6.45, 7) is 3.66. The molecule has 0 spiro atoms. The minimum absolute atomic E-state index is 0.364. The number of anilines is 1. The molecule has 1 heterocycles. The number of benzene rings is 2. The van der Waals surface area contributed by atoms with Crippen molar-refractivity contribution in [2.75, 3.05) is 38.3 Å². The largest absolute Gasteiger partial charge is 0.378 e. The quantitative estimate of drug-likeness (QED) is 0.773. The summed E-state index contributed by atoms with van der Waals surface area (Å²) in [5, 5.41) is 0. The Morgan fingerprint density at radius 2 is 1.64 bits per heavy atom. The van der Waals surface area contributed by atoms with Crippen LogP contribution in [0.4, 0.5) is 5.69 Å². The number of morpholine rings is 1. The lowest BCUT2D eigenvalue weighted by atomic mass is 9.92. The molecule has 0 bridgehead atoms. The highest BCUT2D eigenvalue weighted by atomic mass is 32.2. The van der Waals surface area contributed by atoms with E-state index in [0.717, 1.165) is 56.8 Å². The van der Waals surface area contributed by atoms with Crippen molar-refractivity contribution in [3.63, 3.8) is 0 Å². The topological polar surface area (TPSA) is 49.9 Å². The molecule has 0 amide bonds. The molecule has 0 atom stereocenters. The Morgan fingerprint density at radius 3 is 2.36 bits per heavy atom. The van der Waals surface area contributed by atoms with Crippen LogP contribution in [0, 0.1) is 0 Å². The van der Waals surface area contributed by atoms with Crippen molar-refractivity contribution in [3.8, 4) is 0 Å². The van der Waals surface area contributed by atoms with Gasteiger partial charge in [-0.3, -0.25) is 0 Å². The van der Waals surface area contributed by atoms with Crippen LogP contribution in [-0.2, 0) is 34.1 Å². The third kappa shape index (κ3) is 4.09. The number of ether oxygens (including phenoxy) is 1. The van der Waals surface area contributed by atoms with Gasteiger partial charge in [0.25, 0.3) is 0 Å². The fourth-order valence-corrected chi connectivity index (χ4v) is 5.24. The summed E-state index contributed by atoms with van der Waals surface area (Å²) in [6, 6.07) is 13.8. The highest BCUT2D eigenvalue weighted by Crippen LogP contribution is 2.26. The molecule has 4 rings (SSSR count). The molecule has 0 N–H and O–H groups in total. The van der Waals surface area contributed by atoms with Gasteiger partial charge in [-0.25, -0.2) is 8.42 Å². The zero-order valence-electron chi connectivity index (χ0n) is 16.4.